The molecule has 0 radical (unpaired) electrons. The molecule has 0 saturated carbocycles. The average Bonchev–Trinajstić information content (AvgIpc) is 3.40. The van der Waals surface area contributed by atoms with E-state index >= 15 is 0 Å². The van der Waals surface area contributed by atoms with Crippen molar-refractivity contribution in [2.75, 3.05) is 18.9 Å². The summed E-state index contributed by atoms with van der Waals surface area (Å²) in [6.45, 7) is 1.71. The molecule has 166 valence electrons. The molecule has 0 aliphatic heterocycles. The summed E-state index contributed by atoms with van der Waals surface area (Å²) in [7, 11) is -0.966. The van der Waals surface area contributed by atoms with Crippen LogP contribution in [0.1, 0.15) is 4.88 Å². The maximum absolute atomic E-state index is 13.1. The third-order valence-corrected chi connectivity index (χ3v) is 7.43. The number of aryl methyl sites for hydroxylation is 1. The maximum atomic E-state index is 13.1. The third-order valence-electron chi connectivity index (χ3n) is 4.53. The fourth-order valence-corrected chi connectivity index (χ4v) is 5.77. The minimum absolute atomic E-state index is 0.102. The fourth-order valence-electron chi connectivity index (χ4n) is 3.00. The molecule has 0 amide bonds. The Balaban J connectivity index is 1.65. The average molecular weight is 492 g/mol. The monoisotopic (exact) mass is 491 g/mol. The number of sulfonamides is 1. The first-order chi connectivity index (χ1) is 15.3. The summed E-state index contributed by atoms with van der Waals surface area (Å²) in [5, 5.41) is 4.53. The van der Waals surface area contributed by atoms with Crippen LogP contribution in [0.5, 0.6) is 11.5 Å². The summed E-state index contributed by atoms with van der Waals surface area (Å²) < 4.78 is 44.6. The van der Waals surface area contributed by atoms with Gasteiger partial charge in [0, 0.05) is 21.5 Å². The van der Waals surface area contributed by atoms with Crippen LogP contribution in [0.2, 0.25) is 5.02 Å². The number of thiophene rings is 1. The smallest absolute Gasteiger partial charge is 0.268 e. The van der Waals surface area contributed by atoms with Crippen molar-refractivity contribution in [3.05, 3.63) is 58.4 Å². The van der Waals surface area contributed by atoms with E-state index < -0.39 is 10.0 Å². The predicted molar refractivity (Wildman–Crippen MR) is 123 cm³/mol. The van der Waals surface area contributed by atoms with Gasteiger partial charge in [-0.05, 0) is 37.3 Å². The van der Waals surface area contributed by atoms with E-state index in [2.05, 4.69) is 14.9 Å². The Kier molecular flexibility index (Phi) is 6.09. The number of nitrogens with zero attached hydrogens (tertiary/aromatic N) is 2. The molecular formula is C21H18ClN3O5S2. The van der Waals surface area contributed by atoms with E-state index in [4.69, 9.17) is 25.6 Å². The molecule has 0 fully saturated rings. The number of methoxy groups -OCH3 is 2. The number of aromatic nitrogens is 2. The molecule has 2 aromatic carbocycles. The van der Waals surface area contributed by atoms with Crippen LogP contribution < -0.4 is 14.2 Å². The molecule has 2 heterocycles. The predicted octanol–water partition coefficient (Wildman–Crippen LogP) is 5.24. The maximum Gasteiger partial charge on any atom is 0.268 e. The van der Waals surface area contributed by atoms with Crippen molar-refractivity contribution < 1.29 is 22.4 Å². The Hall–Kier alpha value is -3.08. The van der Waals surface area contributed by atoms with E-state index in [1.165, 1.54) is 31.6 Å². The highest BCUT2D eigenvalue weighted by Gasteiger charge is 2.24. The van der Waals surface area contributed by atoms with Gasteiger partial charge in [-0.25, -0.2) is 8.42 Å². The van der Waals surface area contributed by atoms with Crippen molar-refractivity contribution in [2.24, 2.45) is 0 Å². The number of rotatable bonds is 7. The van der Waals surface area contributed by atoms with Crippen LogP contribution in [0.4, 0.5) is 5.69 Å². The van der Waals surface area contributed by atoms with E-state index in [0.29, 0.717) is 37.7 Å². The van der Waals surface area contributed by atoms with E-state index in [1.54, 1.807) is 43.3 Å². The summed E-state index contributed by atoms with van der Waals surface area (Å²) in [6.07, 6.45) is 0. The first-order valence-corrected chi connectivity index (χ1v) is 11.9. The summed E-state index contributed by atoms with van der Waals surface area (Å²) in [6, 6.07) is 13.4. The number of hydrogen-bond acceptors (Lipinski definition) is 8. The Morgan fingerprint density at radius 1 is 1.09 bits per heavy atom. The lowest BCUT2D eigenvalue weighted by molar-refractivity contribution is 0.405. The quantitative estimate of drug-likeness (QED) is 0.376. The molecule has 4 aromatic rings. The minimum atomic E-state index is -3.92. The third kappa shape index (κ3) is 4.43. The molecule has 2 aromatic heterocycles. The first-order valence-electron chi connectivity index (χ1n) is 9.26. The van der Waals surface area contributed by atoms with Gasteiger partial charge in [0.25, 0.3) is 15.9 Å². The largest absolute Gasteiger partial charge is 0.497 e. The lowest BCUT2D eigenvalue weighted by Crippen LogP contribution is -2.14. The van der Waals surface area contributed by atoms with Crippen LogP contribution in [0.15, 0.2) is 57.9 Å². The van der Waals surface area contributed by atoms with E-state index in [0.717, 1.165) is 0 Å². The standard InChI is InChI=1S/C21H18ClN3O5S2/c1-12-19(32(26,27)25-16-10-15(28-2)7-8-17(16)29-3)11-18(31-12)21-23-20(24-30-21)13-5-4-6-14(22)9-13/h4-11,25H,1-3H3. The second kappa shape index (κ2) is 8.81. The van der Waals surface area contributed by atoms with Crippen molar-refractivity contribution in [3.63, 3.8) is 0 Å². The Labute approximate surface area is 193 Å². The van der Waals surface area contributed by atoms with Gasteiger partial charge in [0.15, 0.2) is 0 Å². The minimum Gasteiger partial charge on any atom is -0.497 e. The molecule has 0 unspecified atom stereocenters. The van der Waals surface area contributed by atoms with Gasteiger partial charge < -0.3 is 14.0 Å². The molecule has 1 N–H and O–H groups in total. The molecule has 0 spiro atoms. The van der Waals surface area contributed by atoms with Crippen molar-refractivity contribution >= 4 is 38.6 Å². The van der Waals surface area contributed by atoms with Crippen LogP contribution in [0, 0.1) is 6.92 Å². The van der Waals surface area contributed by atoms with Crippen LogP contribution >= 0.6 is 22.9 Å². The van der Waals surface area contributed by atoms with E-state index in [9.17, 15) is 8.42 Å². The fraction of sp³-hybridized carbons (Fsp3) is 0.143. The second-order valence-electron chi connectivity index (χ2n) is 6.64. The Morgan fingerprint density at radius 2 is 1.91 bits per heavy atom. The van der Waals surface area contributed by atoms with Crippen LogP contribution in [0.3, 0.4) is 0 Å². The van der Waals surface area contributed by atoms with Crippen LogP contribution in [-0.2, 0) is 10.0 Å². The molecular weight excluding hydrogens is 474 g/mol. The van der Waals surface area contributed by atoms with E-state index in [1.807, 2.05) is 6.07 Å². The molecule has 0 bridgehead atoms. The number of benzene rings is 2. The summed E-state index contributed by atoms with van der Waals surface area (Å²) in [5.41, 5.74) is 0.959. The molecule has 32 heavy (non-hydrogen) atoms. The number of ether oxygens (including phenoxy) is 2. The highest BCUT2D eigenvalue weighted by molar-refractivity contribution is 7.93. The number of nitrogens with one attached hydrogen (secondary N) is 1. The molecule has 11 heteroatoms. The molecule has 8 nitrogen and oxygen atoms in total. The SMILES string of the molecule is COc1ccc(OC)c(NS(=O)(=O)c2cc(-c3nc(-c4cccc(Cl)c4)no3)sc2C)c1. The van der Waals surface area contributed by atoms with Gasteiger partial charge in [0.1, 0.15) is 16.4 Å². The molecule has 0 aliphatic carbocycles. The van der Waals surface area contributed by atoms with Gasteiger partial charge in [-0.3, -0.25) is 4.72 Å². The van der Waals surface area contributed by atoms with Gasteiger partial charge >= 0.3 is 0 Å². The van der Waals surface area contributed by atoms with Crippen molar-refractivity contribution in [3.8, 4) is 33.7 Å². The van der Waals surface area contributed by atoms with Crippen LogP contribution in [0.25, 0.3) is 22.2 Å². The zero-order valence-corrected chi connectivity index (χ0v) is 19.6. The van der Waals surface area contributed by atoms with Crippen molar-refractivity contribution in [2.45, 2.75) is 11.8 Å². The molecule has 0 atom stereocenters. The highest BCUT2D eigenvalue weighted by atomic mass is 35.5. The zero-order valence-electron chi connectivity index (χ0n) is 17.2. The normalized spacial score (nSPS) is 11.4. The molecule has 0 saturated heterocycles. The Bertz CT molecular complexity index is 1380. The number of halogens is 1. The summed E-state index contributed by atoms with van der Waals surface area (Å²) in [5.74, 6) is 1.43. The summed E-state index contributed by atoms with van der Waals surface area (Å²) in [4.78, 5) is 5.58. The van der Waals surface area contributed by atoms with Gasteiger partial charge in [-0.2, -0.15) is 4.98 Å². The van der Waals surface area contributed by atoms with Gasteiger partial charge in [-0.1, -0.05) is 28.9 Å². The molecule has 0 aliphatic rings. The summed E-state index contributed by atoms with van der Waals surface area (Å²) >= 11 is 7.26. The number of anilines is 1. The first kappa shape index (κ1) is 22.1. The zero-order chi connectivity index (χ0) is 22.9. The van der Waals surface area contributed by atoms with Crippen molar-refractivity contribution in [1.29, 1.82) is 0 Å². The van der Waals surface area contributed by atoms with Gasteiger partial charge in [0.2, 0.25) is 5.82 Å². The Morgan fingerprint density at radius 3 is 2.62 bits per heavy atom. The topological polar surface area (TPSA) is 104 Å². The van der Waals surface area contributed by atoms with Crippen LogP contribution in [-0.4, -0.2) is 32.8 Å². The van der Waals surface area contributed by atoms with Gasteiger partial charge in [0.05, 0.1) is 24.8 Å². The van der Waals surface area contributed by atoms with Crippen molar-refractivity contribution in [1.82, 2.24) is 10.1 Å². The number of hydrogen-bond donors (Lipinski definition) is 1. The molecule has 4 rings (SSSR count). The lowest BCUT2D eigenvalue weighted by atomic mass is 10.2. The van der Waals surface area contributed by atoms with Gasteiger partial charge in [-0.15, -0.1) is 11.3 Å². The lowest BCUT2D eigenvalue weighted by Gasteiger charge is -2.13. The second-order valence-corrected chi connectivity index (χ2v) is 9.98. The highest BCUT2D eigenvalue weighted by Crippen LogP contribution is 2.36. The van der Waals surface area contributed by atoms with E-state index in [-0.39, 0.29) is 16.5 Å².